The first-order chi connectivity index (χ1) is 5.77. The van der Waals surface area contributed by atoms with Crippen LogP contribution in [0.2, 0.25) is 0 Å². The van der Waals surface area contributed by atoms with Gasteiger partial charge < -0.3 is 10.5 Å². The lowest BCUT2D eigenvalue weighted by molar-refractivity contribution is 0.349. The number of hydrogen-bond donors (Lipinski definition) is 1. The quantitative estimate of drug-likeness (QED) is 0.629. The molecule has 0 aliphatic carbocycles. The molecular formula is C8H7FN2O. The van der Waals surface area contributed by atoms with Crippen molar-refractivity contribution < 1.29 is 9.13 Å². The number of halogens is 1. The number of nitrogens with zero attached hydrogens (tertiary/aromatic N) is 1. The average molecular weight is 166 g/mol. The van der Waals surface area contributed by atoms with Crippen LogP contribution in [0.25, 0.3) is 0 Å². The van der Waals surface area contributed by atoms with E-state index in [2.05, 4.69) is 4.99 Å². The monoisotopic (exact) mass is 166 g/mol. The van der Waals surface area contributed by atoms with Gasteiger partial charge in [-0.25, -0.2) is 9.38 Å². The lowest BCUT2D eigenvalue weighted by Gasteiger charge is -2.14. The first-order valence-electron chi connectivity index (χ1n) is 3.52. The molecule has 4 heteroatoms. The topological polar surface area (TPSA) is 47.6 Å². The molecular weight excluding hydrogens is 159 g/mol. The normalized spacial score (nSPS) is 14.6. The van der Waals surface area contributed by atoms with Crippen LogP contribution in [0.4, 0.5) is 10.1 Å². The van der Waals surface area contributed by atoms with Gasteiger partial charge in [0.25, 0.3) is 0 Å². The van der Waals surface area contributed by atoms with Gasteiger partial charge in [-0.15, -0.1) is 0 Å². The number of hydrogen-bond acceptors (Lipinski definition) is 3. The van der Waals surface area contributed by atoms with E-state index in [4.69, 9.17) is 10.5 Å². The zero-order valence-electron chi connectivity index (χ0n) is 6.25. The lowest BCUT2D eigenvalue weighted by Crippen LogP contribution is -2.23. The lowest BCUT2D eigenvalue weighted by atomic mass is 10.2. The minimum Gasteiger partial charge on any atom is -0.480 e. The number of rotatable bonds is 0. The highest BCUT2D eigenvalue weighted by molar-refractivity contribution is 5.87. The molecule has 0 spiro atoms. The molecule has 2 N–H and O–H groups in total. The zero-order valence-corrected chi connectivity index (χ0v) is 6.25. The molecule has 1 aromatic rings. The molecule has 0 fully saturated rings. The van der Waals surface area contributed by atoms with Crippen LogP contribution in [0.5, 0.6) is 5.75 Å². The second kappa shape index (κ2) is 2.48. The number of benzene rings is 1. The Morgan fingerprint density at radius 2 is 2.33 bits per heavy atom. The molecule has 1 aliphatic heterocycles. The summed E-state index contributed by atoms with van der Waals surface area (Å²) in [6.45, 7) is 0.161. The number of fused-ring (bicyclic) bond motifs is 1. The smallest absolute Gasteiger partial charge is 0.181 e. The second-order valence-corrected chi connectivity index (χ2v) is 2.48. The van der Waals surface area contributed by atoms with Gasteiger partial charge in [0.2, 0.25) is 0 Å². The van der Waals surface area contributed by atoms with Crippen LogP contribution in [0.1, 0.15) is 0 Å². The van der Waals surface area contributed by atoms with Gasteiger partial charge in [-0.2, -0.15) is 0 Å². The fourth-order valence-electron chi connectivity index (χ4n) is 1.06. The highest BCUT2D eigenvalue weighted by Gasteiger charge is 2.14. The predicted octanol–water partition coefficient (Wildman–Crippen LogP) is 1.21. The maximum absolute atomic E-state index is 13.0. The van der Waals surface area contributed by atoms with Crippen LogP contribution >= 0.6 is 0 Å². The van der Waals surface area contributed by atoms with Crippen molar-refractivity contribution in [3.63, 3.8) is 0 Å². The van der Waals surface area contributed by atoms with E-state index in [0.717, 1.165) is 0 Å². The maximum atomic E-state index is 13.0. The molecule has 2 rings (SSSR count). The minimum atomic E-state index is -0.399. The summed E-state index contributed by atoms with van der Waals surface area (Å²) in [5.41, 5.74) is 5.86. The summed E-state index contributed by atoms with van der Waals surface area (Å²) in [6, 6.07) is 4.56. The predicted molar refractivity (Wildman–Crippen MR) is 43.2 cm³/mol. The number of nitrogens with two attached hydrogens (primary N) is 1. The van der Waals surface area contributed by atoms with Gasteiger partial charge in [-0.05, 0) is 12.1 Å². The van der Waals surface area contributed by atoms with Crippen molar-refractivity contribution >= 4 is 11.5 Å². The average Bonchev–Trinajstić information content (AvgIpc) is 2.04. The van der Waals surface area contributed by atoms with Gasteiger partial charge in [0.1, 0.15) is 18.1 Å². The van der Waals surface area contributed by atoms with Crippen LogP contribution in [-0.4, -0.2) is 12.4 Å². The van der Waals surface area contributed by atoms with E-state index in [9.17, 15) is 4.39 Å². The van der Waals surface area contributed by atoms with Crippen molar-refractivity contribution in [1.82, 2.24) is 0 Å². The van der Waals surface area contributed by atoms with E-state index in [-0.39, 0.29) is 12.4 Å². The molecule has 62 valence electrons. The first-order valence-corrected chi connectivity index (χ1v) is 3.52. The molecule has 1 heterocycles. The number of aliphatic imine (C=N–C) groups is 1. The standard InChI is InChI=1S/C8H7FN2O/c9-5-2-1-3-6-8(5)12-4-7(10)11-6/h1-3H,4H2,(H2,10,11). The van der Waals surface area contributed by atoms with Gasteiger partial charge in [0, 0.05) is 0 Å². The summed E-state index contributed by atoms with van der Waals surface area (Å²) in [5, 5.41) is 0. The Morgan fingerprint density at radius 1 is 1.50 bits per heavy atom. The molecule has 12 heavy (non-hydrogen) atoms. The summed E-state index contributed by atoms with van der Waals surface area (Å²) in [5.74, 6) is 0.156. The van der Waals surface area contributed by atoms with E-state index in [1.165, 1.54) is 6.07 Å². The number of amidine groups is 1. The minimum absolute atomic E-state index is 0.161. The molecule has 0 radical (unpaired) electrons. The van der Waals surface area contributed by atoms with Crippen LogP contribution in [-0.2, 0) is 0 Å². The largest absolute Gasteiger partial charge is 0.480 e. The van der Waals surface area contributed by atoms with Gasteiger partial charge in [0.15, 0.2) is 11.6 Å². The molecule has 0 unspecified atom stereocenters. The van der Waals surface area contributed by atoms with Crippen molar-refractivity contribution in [2.24, 2.45) is 10.7 Å². The molecule has 0 saturated carbocycles. The van der Waals surface area contributed by atoms with Crippen molar-refractivity contribution in [3.05, 3.63) is 24.0 Å². The van der Waals surface area contributed by atoms with E-state index < -0.39 is 5.82 Å². The summed E-state index contributed by atoms with van der Waals surface area (Å²) < 4.78 is 18.0. The summed E-state index contributed by atoms with van der Waals surface area (Å²) in [7, 11) is 0. The van der Waals surface area contributed by atoms with E-state index in [1.807, 2.05) is 0 Å². The van der Waals surface area contributed by atoms with Gasteiger partial charge >= 0.3 is 0 Å². The maximum Gasteiger partial charge on any atom is 0.181 e. The zero-order chi connectivity index (χ0) is 8.55. The molecule has 0 bridgehead atoms. The van der Waals surface area contributed by atoms with E-state index in [1.54, 1.807) is 12.1 Å². The Labute approximate surface area is 68.7 Å². The van der Waals surface area contributed by atoms with E-state index in [0.29, 0.717) is 11.5 Å². The molecule has 1 aromatic carbocycles. The van der Waals surface area contributed by atoms with Crippen LogP contribution in [0.15, 0.2) is 23.2 Å². The van der Waals surface area contributed by atoms with Crippen molar-refractivity contribution in [3.8, 4) is 5.75 Å². The third-order valence-corrected chi connectivity index (χ3v) is 1.57. The van der Waals surface area contributed by atoms with Crippen LogP contribution in [0.3, 0.4) is 0 Å². The Hall–Kier alpha value is -1.58. The van der Waals surface area contributed by atoms with Crippen LogP contribution in [0, 0.1) is 5.82 Å². The Balaban J connectivity index is 2.57. The van der Waals surface area contributed by atoms with Crippen LogP contribution < -0.4 is 10.5 Å². The van der Waals surface area contributed by atoms with Gasteiger partial charge in [-0.3, -0.25) is 0 Å². The van der Waals surface area contributed by atoms with Crippen molar-refractivity contribution in [1.29, 1.82) is 0 Å². The SMILES string of the molecule is NC1=Nc2cccc(F)c2OC1. The third kappa shape index (κ3) is 1.01. The molecule has 3 nitrogen and oxygen atoms in total. The Morgan fingerprint density at radius 3 is 3.17 bits per heavy atom. The summed E-state index contributed by atoms with van der Waals surface area (Å²) in [4.78, 5) is 3.94. The third-order valence-electron chi connectivity index (χ3n) is 1.57. The fourth-order valence-corrected chi connectivity index (χ4v) is 1.06. The number of ether oxygens (including phenoxy) is 1. The molecule has 0 aromatic heterocycles. The molecule has 0 atom stereocenters. The first kappa shape index (κ1) is 7.09. The van der Waals surface area contributed by atoms with Gasteiger partial charge in [-0.1, -0.05) is 6.07 Å². The highest BCUT2D eigenvalue weighted by atomic mass is 19.1. The van der Waals surface area contributed by atoms with Crippen molar-refractivity contribution in [2.45, 2.75) is 0 Å². The van der Waals surface area contributed by atoms with Gasteiger partial charge in [0.05, 0.1) is 0 Å². The van der Waals surface area contributed by atoms with Crippen molar-refractivity contribution in [2.75, 3.05) is 6.61 Å². The fraction of sp³-hybridized carbons (Fsp3) is 0.125. The van der Waals surface area contributed by atoms with E-state index >= 15 is 0 Å². The second-order valence-electron chi connectivity index (χ2n) is 2.48. The molecule has 0 amide bonds. The summed E-state index contributed by atoms with van der Waals surface area (Å²) in [6.07, 6.45) is 0. The highest BCUT2D eigenvalue weighted by Crippen LogP contribution is 2.32. The Kier molecular flexibility index (Phi) is 1.46. The molecule has 1 aliphatic rings. The Bertz CT molecular complexity index is 349. The summed E-state index contributed by atoms with van der Waals surface area (Å²) >= 11 is 0. The molecule has 0 saturated heterocycles. The number of para-hydroxylation sites is 1.